The van der Waals surface area contributed by atoms with Crippen LogP contribution in [0.4, 0.5) is 0 Å². The van der Waals surface area contributed by atoms with Gasteiger partial charge in [0.25, 0.3) is 0 Å². The van der Waals surface area contributed by atoms with Crippen LogP contribution in [-0.2, 0) is 6.54 Å². The molecule has 21 heavy (non-hydrogen) atoms. The minimum atomic E-state index is 0.542. The van der Waals surface area contributed by atoms with Crippen LogP contribution in [0.15, 0.2) is 24.3 Å². The molecule has 1 fully saturated rings. The predicted octanol–water partition coefficient (Wildman–Crippen LogP) is 4.03. The molecule has 1 aromatic rings. The van der Waals surface area contributed by atoms with Gasteiger partial charge in [-0.15, -0.1) is 0 Å². The molecular weight excluding hydrogens is 256 g/mol. The molecule has 0 radical (unpaired) electrons. The highest BCUT2D eigenvalue weighted by Gasteiger charge is 2.22. The summed E-state index contributed by atoms with van der Waals surface area (Å²) in [6.45, 7) is 5.69. The van der Waals surface area contributed by atoms with E-state index in [9.17, 15) is 0 Å². The molecule has 1 aliphatic heterocycles. The van der Waals surface area contributed by atoms with E-state index in [0.717, 1.165) is 24.9 Å². The van der Waals surface area contributed by atoms with Crippen molar-refractivity contribution < 1.29 is 0 Å². The van der Waals surface area contributed by atoms with E-state index in [1.54, 1.807) is 0 Å². The summed E-state index contributed by atoms with van der Waals surface area (Å²) < 4.78 is 0. The number of fused-ring (bicyclic) bond motifs is 1. The van der Waals surface area contributed by atoms with E-state index in [2.05, 4.69) is 41.8 Å². The Hall–Kier alpha value is -0.860. The Morgan fingerprint density at radius 1 is 1.05 bits per heavy atom. The van der Waals surface area contributed by atoms with E-state index >= 15 is 0 Å². The maximum Gasteiger partial charge on any atom is 0.0335 e. The van der Waals surface area contributed by atoms with E-state index in [1.165, 1.54) is 56.2 Å². The second kappa shape index (κ2) is 7.42. The molecule has 0 spiro atoms. The summed E-state index contributed by atoms with van der Waals surface area (Å²) in [6, 6.07) is 9.48. The minimum absolute atomic E-state index is 0.542. The molecule has 2 nitrogen and oxygen atoms in total. The van der Waals surface area contributed by atoms with Gasteiger partial charge in [0.2, 0.25) is 0 Å². The molecule has 2 N–H and O–H groups in total. The normalized spacial score (nSPS) is 29.7. The average Bonchev–Trinajstić information content (AvgIpc) is 2.76. The summed E-state index contributed by atoms with van der Waals surface area (Å²) in [6.07, 6.45) is 8.34. The third-order valence-corrected chi connectivity index (χ3v) is 5.55. The zero-order valence-electron chi connectivity index (χ0n) is 13.4. The first-order chi connectivity index (χ1) is 10.4. The van der Waals surface area contributed by atoms with E-state index in [0.29, 0.717) is 6.04 Å². The fraction of sp³-hybridized carbons (Fsp3) is 0.684. The van der Waals surface area contributed by atoms with Gasteiger partial charge in [0.1, 0.15) is 0 Å². The number of hydrogen-bond acceptors (Lipinski definition) is 2. The number of hydrogen-bond donors (Lipinski definition) is 2. The highest BCUT2D eigenvalue weighted by molar-refractivity contribution is 5.31. The van der Waals surface area contributed by atoms with Crippen molar-refractivity contribution >= 4 is 0 Å². The highest BCUT2D eigenvalue weighted by atomic mass is 14.9. The molecule has 1 aliphatic carbocycles. The van der Waals surface area contributed by atoms with Crippen molar-refractivity contribution in [1.29, 1.82) is 0 Å². The van der Waals surface area contributed by atoms with Crippen LogP contribution < -0.4 is 10.6 Å². The molecular formula is C19H30N2. The molecule has 1 unspecified atom stereocenters. The summed E-state index contributed by atoms with van der Waals surface area (Å²) in [5, 5.41) is 7.43. The van der Waals surface area contributed by atoms with Crippen molar-refractivity contribution in [3.8, 4) is 0 Å². The minimum Gasteiger partial charge on any atom is -0.313 e. The Morgan fingerprint density at radius 2 is 1.81 bits per heavy atom. The molecule has 0 saturated heterocycles. The zero-order valence-corrected chi connectivity index (χ0v) is 13.4. The van der Waals surface area contributed by atoms with Crippen LogP contribution >= 0.6 is 0 Å². The fourth-order valence-corrected chi connectivity index (χ4v) is 4.02. The SMILES string of the molecule is CCC1CCC(CNC2CCNCc3ccccc32)CC1. The molecule has 2 heteroatoms. The van der Waals surface area contributed by atoms with E-state index in [-0.39, 0.29) is 0 Å². The first kappa shape index (κ1) is 15.1. The van der Waals surface area contributed by atoms with Gasteiger partial charge in [-0.25, -0.2) is 0 Å². The summed E-state index contributed by atoms with van der Waals surface area (Å²) in [5.41, 5.74) is 2.99. The van der Waals surface area contributed by atoms with Gasteiger partial charge < -0.3 is 10.6 Å². The van der Waals surface area contributed by atoms with Gasteiger partial charge in [-0.3, -0.25) is 0 Å². The second-order valence-corrected chi connectivity index (χ2v) is 6.92. The summed E-state index contributed by atoms with van der Waals surface area (Å²) in [5.74, 6) is 1.90. The maximum atomic E-state index is 3.88. The quantitative estimate of drug-likeness (QED) is 0.873. The van der Waals surface area contributed by atoms with Crippen LogP contribution in [0.3, 0.4) is 0 Å². The van der Waals surface area contributed by atoms with Crippen LogP contribution in [0.1, 0.15) is 62.6 Å². The molecule has 0 amide bonds. The summed E-state index contributed by atoms with van der Waals surface area (Å²) in [7, 11) is 0. The molecule has 3 rings (SSSR count). The largest absolute Gasteiger partial charge is 0.313 e. The van der Waals surface area contributed by atoms with Crippen molar-refractivity contribution in [3.05, 3.63) is 35.4 Å². The standard InChI is InChI=1S/C19H30N2/c1-2-15-7-9-16(10-8-15)13-21-19-11-12-20-14-17-5-3-4-6-18(17)19/h3-6,15-16,19-21H,2,7-14H2,1H3. The lowest BCUT2D eigenvalue weighted by Crippen LogP contribution is -2.30. The Bertz CT molecular complexity index is 435. The number of benzene rings is 1. The first-order valence-electron chi connectivity index (χ1n) is 8.88. The number of rotatable bonds is 4. The van der Waals surface area contributed by atoms with Crippen molar-refractivity contribution in [3.63, 3.8) is 0 Å². The van der Waals surface area contributed by atoms with Gasteiger partial charge in [-0.2, -0.15) is 0 Å². The van der Waals surface area contributed by atoms with E-state index < -0.39 is 0 Å². The molecule has 1 atom stereocenters. The van der Waals surface area contributed by atoms with Crippen LogP contribution in [-0.4, -0.2) is 13.1 Å². The van der Waals surface area contributed by atoms with Gasteiger partial charge in [-0.05, 0) is 55.3 Å². The molecule has 1 heterocycles. The van der Waals surface area contributed by atoms with Crippen molar-refractivity contribution in [1.82, 2.24) is 10.6 Å². The molecule has 1 saturated carbocycles. The lowest BCUT2D eigenvalue weighted by Gasteiger charge is -2.29. The topological polar surface area (TPSA) is 24.1 Å². The lowest BCUT2D eigenvalue weighted by molar-refractivity contribution is 0.255. The maximum absolute atomic E-state index is 3.88. The van der Waals surface area contributed by atoms with Crippen LogP contribution in [0, 0.1) is 11.8 Å². The van der Waals surface area contributed by atoms with Gasteiger partial charge >= 0.3 is 0 Å². The molecule has 116 valence electrons. The Balaban J connectivity index is 1.56. The van der Waals surface area contributed by atoms with Gasteiger partial charge in [0.05, 0.1) is 0 Å². The first-order valence-corrected chi connectivity index (χ1v) is 8.88. The lowest BCUT2D eigenvalue weighted by atomic mass is 9.80. The highest BCUT2D eigenvalue weighted by Crippen LogP contribution is 2.31. The third kappa shape index (κ3) is 3.87. The van der Waals surface area contributed by atoms with Gasteiger partial charge in [0, 0.05) is 12.6 Å². The van der Waals surface area contributed by atoms with Gasteiger partial charge in [0.15, 0.2) is 0 Å². The second-order valence-electron chi connectivity index (χ2n) is 6.92. The Kier molecular flexibility index (Phi) is 5.32. The monoisotopic (exact) mass is 286 g/mol. The van der Waals surface area contributed by atoms with Gasteiger partial charge in [-0.1, -0.05) is 50.5 Å². The van der Waals surface area contributed by atoms with Crippen molar-refractivity contribution in [2.24, 2.45) is 11.8 Å². The van der Waals surface area contributed by atoms with Crippen molar-refractivity contribution in [2.45, 2.75) is 58.0 Å². The van der Waals surface area contributed by atoms with E-state index in [1.807, 2.05) is 0 Å². The van der Waals surface area contributed by atoms with Crippen LogP contribution in [0.2, 0.25) is 0 Å². The third-order valence-electron chi connectivity index (χ3n) is 5.55. The summed E-state index contributed by atoms with van der Waals surface area (Å²) >= 11 is 0. The molecule has 0 aromatic heterocycles. The van der Waals surface area contributed by atoms with E-state index in [4.69, 9.17) is 0 Å². The van der Waals surface area contributed by atoms with Crippen LogP contribution in [0.5, 0.6) is 0 Å². The van der Waals surface area contributed by atoms with Crippen molar-refractivity contribution in [2.75, 3.05) is 13.1 Å². The number of nitrogens with one attached hydrogen (secondary N) is 2. The molecule has 2 aliphatic rings. The molecule has 0 bridgehead atoms. The average molecular weight is 286 g/mol. The predicted molar refractivity (Wildman–Crippen MR) is 89.2 cm³/mol. The Morgan fingerprint density at radius 3 is 2.62 bits per heavy atom. The molecule has 1 aromatic carbocycles. The Labute approximate surface area is 129 Å². The fourth-order valence-electron chi connectivity index (χ4n) is 4.02. The summed E-state index contributed by atoms with van der Waals surface area (Å²) in [4.78, 5) is 0. The van der Waals surface area contributed by atoms with Crippen LogP contribution in [0.25, 0.3) is 0 Å². The smallest absolute Gasteiger partial charge is 0.0335 e. The zero-order chi connectivity index (χ0) is 14.5.